The van der Waals surface area contributed by atoms with Gasteiger partial charge in [0, 0.05) is 25.7 Å². The minimum Gasteiger partial charge on any atom is -0.340 e. The van der Waals surface area contributed by atoms with E-state index in [4.69, 9.17) is 5.26 Å². The summed E-state index contributed by atoms with van der Waals surface area (Å²) in [6, 6.07) is 8.05. The second-order valence-corrected chi connectivity index (χ2v) is 5.09. The largest absolute Gasteiger partial charge is 0.340 e. The summed E-state index contributed by atoms with van der Waals surface area (Å²) >= 11 is 0. The number of carbonyl (C=O) groups is 1. The minimum absolute atomic E-state index is 0.0147. The number of nitrogens with zero attached hydrogens (tertiary/aromatic N) is 2. The van der Waals surface area contributed by atoms with Crippen molar-refractivity contribution in [1.29, 1.82) is 5.26 Å². The number of rotatable bonds is 3. The Morgan fingerprint density at radius 2 is 2.37 bits per heavy atom. The maximum atomic E-state index is 12.5. The molecule has 1 amide bonds. The Morgan fingerprint density at radius 1 is 1.58 bits per heavy atom. The third kappa shape index (κ3) is 2.94. The van der Waals surface area contributed by atoms with Crippen LogP contribution in [0.2, 0.25) is 0 Å². The molecule has 2 rings (SSSR count). The van der Waals surface area contributed by atoms with Gasteiger partial charge in [-0.1, -0.05) is 12.1 Å². The lowest BCUT2D eigenvalue weighted by atomic mass is 9.94. The molecule has 100 valence electrons. The van der Waals surface area contributed by atoms with Crippen LogP contribution in [0.3, 0.4) is 0 Å². The highest BCUT2D eigenvalue weighted by atomic mass is 16.2. The summed E-state index contributed by atoms with van der Waals surface area (Å²) in [5, 5.41) is 12.1. The summed E-state index contributed by atoms with van der Waals surface area (Å²) < 4.78 is 0. The van der Waals surface area contributed by atoms with Gasteiger partial charge in [-0.05, 0) is 37.1 Å². The molecule has 4 heteroatoms. The van der Waals surface area contributed by atoms with E-state index in [2.05, 4.69) is 17.5 Å². The van der Waals surface area contributed by atoms with Crippen LogP contribution in [0.25, 0.3) is 0 Å². The van der Waals surface area contributed by atoms with Crippen molar-refractivity contribution in [2.45, 2.75) is 19.9 Å². The van der Waals surface area contributed by atoms with Crippen LogP contribution in [0, 0.1) is 17.2 Å². The Morgan fingerprint density at radius 3 is 3.11 bits per heavy atom. The molecule has 0 radical (unpaired) electrons. The van der Waals surface area contributed by atoms with Crippen LogP contribution in [0.1, 0.15) is 28.4 Å². The molecule has 0 bridgehead atoms. The van der Waals surface area contributed by atoms with Crippen LogP contribution in [0.4, 0.5) is 0 Å². The van der Waals surface area contributed by atoms with Crippen molar-refractivity contribution in [1.82, 2.24) is 10.2 Å². The quantitative estimate of drug-likeness (QED) is 0.894. The van der Waals surface area contributed by atoms with Crippen molar-refractivity contribution in [3.8, 4) is 6.07 Å². The third-order valence-corrected chi connectivity index (χ3v) is 3.49. The average Bonchev–Trinajstić information content (AvgIpc) is 2.45. The van der Waals surface area contributed by atoms with Crippen LogP contribution in [-0.4, -0.2) is 30.9 Å². The van der Waals surface area contributed by atoms with E-state index < -0.39 is 0 Å². The highest BCUT2D eigenvalue weighted by Crippen LogP contribution is 2.20. The van der Waals surface area contributed by atoms with Crippen LogP contribution in [-0.2, 0) is 13.0 Å². The first kappa shape index (κ1) is 13.6. The predicted molar refractivity (Wildman–Crippen MR) is 73.6 cm³/mol. The van der Waals surface area contributed by atoms with Crippen molar-refractivity contribution < 1.29 is 4.79 Å². The molecule has 0 saturated carbocycles. The van der Waals surface area contributed by atoms with Crippen molar-refractivity contribution in [3.05, 3.63) is 34.9 Å². The first-order valence-corrected chi connectivity index (χ1v) is 6.60. The zero-order chi connectivity index (χ0) is 13.8. The Balaban J connectivity index is 2.22. The number of hydrogen-bond acceptors (Lipinski definition) is 3. The fourth-order valence-electron chi connectivity index (χ4n) is 2.47. The number of carbonyl (C=O) groups excluding carboxylic acids is 1. The Bertz CT molecular complexity index is 519. The lowest BCUT2D eigenvalue weighted by Crippen LogP contribution is -2.33. The van der Waals surface area contributed by atoms with Crippen molar-refractivity contribution >= 4 is 5.91 Å². The molecule has 0 aromatic heterocycles. The number of amides is 1. The molecule has 19 heavy (non-hydrogen) atoms. The van der Waals surface area contributed by atoms with Crippen LogP contribution < -0.4 is 5.32 Å². The van der Waals surface area contributed by atoms with Gasteiger partial charge in [0.05, 0.1) is 12.0 Å². The summed E-state index contributed by atoms with van der Waals surface area (Å²) in [7, 11) is 1.76. The van der Waals surface area contributed by atoms with E-state index in [-0.39, 0.29) is 11.8 Å². The number of nitrogens with one attached hydrogen (secondary N) is 1. The molecule has 1 N–H and O–H groups in total. The molecular formula is C15H19N3O. The molecule has 0 saturated heterocycles. The molecule has 0 aliphatic carbocycles. The van der Waals surface area contributed by atoms with E-state index in [0.717, 1.165) is 30.6 Å². The fraction of sp³-hybridized carbons (Fsp3) is 0.467. The van der Waals surface area contributed by atoms with E-state index in [0.29, 0.717) is 6.54 Å². The van der Waals surface area contributed by atoms with Crippen molar-refractivity contribution in [3.63, 3.8) is 0 Å². The maximum Gasteiger partial charge on any atom is 0.253 e. The third-order valence-electron chi connectivity index (χ3n) is 3.49. The van der Waals surface area contributed by atoms with Gasteiger partial charge in [-0.15, -0.1) is 0 Å². The standard InChI is InChI=1S/C15H19N3O/c1-11(8-16)10-18(2)15(19)14-5-3-4-12-9-17-7-6-13(12)14/h3-5,11,17H,6-7,9-10H2,1-2H3. The molecule has 1 aromatic carbocycles. The fourth-order valence-corrected chi connectivity index (χ4v) is 2.47. The lowest BCUT2D eigenvalue weighted by Gasteiger charge is -2.23. The summed E-state index contributed by atoms with van der Waals surface area (Å²) in [6.07, 6.45) is 0.888. The van der Waals surface area contributed by atoms with Gasteiger partial charge in [0.25, 0.3) is 5.91 Å². The predicted octanol–water partition coefficient (Wildman–Crippen LogP) is 1.56. The lowest BCUT2D eigenvalue weighted by molar-refractivity contribution is 0.0783. The average molecular weight is 257 g/mol. The second-order valence-electron chi connectivity index (χ2n) is 5.09. The monoisotopic (exact) mass is 257 g/mol. The Kier molecular flexibility index (Phi) is 4.18. The first-order valence-electron chi connectivity index (χ1n) is 6.60. The van der Waals surface area contributed by atoms with Gasteiger partial charge in [0.15, 0.2) is 0 Å². The number of benzene rings is 1. The van der Waals surface area contributed by atoms with E-state index in [1.54, 1.807) is 11.9 Å². The first-order chi connectivity index (χ1) is 9.13. The van der Waals surface area contributed by atoms with E-state index in [9.17, 15) is 4.79 Å². The Labute approximate surface area is 114 Å². The number of nitriles is 1. The molecule has 1 aromatic rings. The van der Waals surface area contributed by atoms with Crippen LogP contribution in [0.15, 0.2) is 18.2 Å². The minimum atomic E-state index is -0.143. The molecule has 1 unspecified atom stereocenters. The van der Waals surface area contributed by atoms with E-state index >= 15 is 0 Å². The van der Waals surface area contributed by atoms with Gasteiger partial charge in [-0.25, -0.2) is 0 Å². The van der Waals surface area contributed by atoms with Crippen molar-refractivity contribution in [2.75, 3.05) is 20.1 Å². The van der Waals surface area contributed by atoms with Gasteiger partial charge in [0.1, 0.15) is 0 Å². The van der Waals surface area contributed by atoms with Gasteiger partial charge >= 0.3 is 0 Å². The second kappa shape index (κ2) is 5.85. The molecule has 0 fully saturated rings. The van der Waals surface area contributed by atoms with Gasteiger partial charge in [0.2, 0.25) is 0 Å². The molecule has 0 spiro atoms. The van der Waals surface area contributed by atoms with Gasteiger partial charge in [-0.3, -0.25) is 4.79 Å². The zero-order valence-corrected chi connectivity index (χ0v) is 11.4. The molecule has 4 nitrogen and oxygen atoms in total. The highest BCUT2D eigenvalue weighted by molar-refractivity contribution is 5.96. The topological polar surface area (TPSA) is 56.1 Å². The Hall–Kier alpha value is -1.86. The smallest absolute Gasteiger partial charge is 0.253 e. The van der Waals surface area contributed by atoms with Gasteiger partial charge < -0.3 is 10.2 Å². The molecular weight excluding hydrogens is 238 g/mol. The molecule has 1 aliphatic heterocycles. The summed E-state index contributed by atoms with van der Waals surface area (Å²) in [5.41, 5.74) is 3.15. The van der Waals surface area contributed by atoms with Crippen LogP contribution in [0.5, 0.6) is 0 Å². The highest BCUT2D eigenvalue weighted by Gasteiger charge is 2.20. The maximum absolute atomic E-state index is 12.5. The SMILES string of the molecule is CC(C#N)CN(C)C(=O)c1cccc2c1CCNC2. The normalized spacial score (nSPS) is 15.2. The van der Waals surface area contributed by atoms with Crippen LogP contribution >= 0.6 is 0 Å². The molecule has 1 heterocycles. The zero-order valence-electron chi connectivity index (χ0n) is 11.4. The molecule has 1 aliphatic rings. The summed E-state index contributed by atoms with van der Waals surface area (Å²) in [4.78, 5) is 14.1. The van der Waals surface area contributed by atoms with E-state index in [1.165, 1.54) is 5.56 Å². The number of hydrogen-bond donors (Lipinski definition) is 1. The summed E-state index contributed by atoms with van der Waals surface area (Å²) in [5.74, 6) is -0.129. The van der Waals surface area contributed by atoms with Gasteiger partial charge in [-0.2, -0.15) is 5.26 Å². The number of fused-ring (bicyclic) bond motifs is 1. The molecule has 1 atom stereocenters. The van der Waals surface area contributed by atoms with E-state index in [1.807, 2.05) is 19.1 Å². The van der Waals surface area contributed by atoms with Crippen molar-refractivity contribution in [2.24, 2.45) is 5.92 Å². The summed E-state index contributed by atoms with van der Waals surface area (Å²) in [6.45, 7) is 4.04.